The van der Waals surface area contributed by atoms with Crippen LogP contribution in [0.1, 0.15) is 41.0 Å². The van der Waals surface area contributed by atoms with E-state index in [-0.39, 0.29) is 18.2 Å². The fourth-order valence-corrected chi connectivity index (χ4v) is 1.57. The molecule has 5 nitrogen and oxygen atoms in total. The van der Waals surface area contributed by atoms with E-state index in [1.165, 1.54) is 4.90 Å². The molecular weight excluding hydrogens is 220 g/mol. The number of rotatable bonds is 4. The van der Waals surface area contributed by atoms with Gasteiger partial charge in [0, 0.05) is 12.1 Å². The maximum atomic E-state index is 11.9. The van der Waals surface area contributed by atoms with Gasteiger partial charge in [-0.2, -0.15) is 0 Å². The second-order valence-electron chi connectivity index (χ2n) is 4.98. The molecule has 0 aromatic carbocycles. The van der Waals surface area contributed by atoms with E-state index < -0.39 is 11.8 Å². The lowest BCUT2D eigenvalue weighted by Crippen LogP contribution is -2.53. The maximum absolute atomic E-state index is 11.9. The second-order valence-corrected chi connectivity index (χ2v) is 4.98. The molecule has 1 atom stereocenters. The first kappa shape index (κ1) is 15.9. The average Bonchev–Trinajstić information content (AvgIpc) is 2.24. The first-order chi connectivity index (χ1) is 7.77. The lowest BCUT2D eigenvalue weighted by Gasteiger charge is -2.34. The first-order valence-electron chi connectivity index (χ1n) is 6.01. The normalized spacial score (nSPS) is 13.1. The number of likely N-dealkylation sites (N-methyl/N-ethyl adjacent to an activating group) is 1. The topological polar surface area (TPSA) is 69.6 Å². The number of carbonyl (C=O) groups excluding carboxylic acids is 2. The number of hydrogen-bond acceptors (Lipinski definition) is 3. The molecule has 0 aliphatic rings. The largest absolute Gasteiger partial charge is 0.394 e. The predicted molar refractivity (Wildman–Crippen MR) is 66.4 cm³/mol. The Morgan fingerprint density at radius 2 is 1.82 bits per heavy atom. The maximum Gasteiger partial charge on any atom is 0.312 e. The van der Waals surface area contributed by atoms with E-state index >= 15 is 0 Å². The van der Waals surface area contributed by atoms with Gasteiger partial charge in [0.2, 0.25) is 0 Å². The molecule has 100 valence electrons. The van der Waals surface area contributed by atoms with Crippen LogP contribution in [0.25, 0.3) is 0 Å². The van der Waals surface area contributed by atoms with Crippen LogP contribution in [0.15, 0.2) is 0 Å². The minimum absolute atomic E-state index is 0.156. The Hall–Kier alpha value is -1.10. The zero-order valence-corrected chi connectivity index (χ0v) is 11.4. The Labute approximate surface area is 103 Å². The number of hydrogen-bond donors (Lipinski definition) is 2. The highest BCUT2D eigenvalue weighted by atomic mass is 16.3. The fourth-order valence-electron chi connectivity index (χ4n) is 1.57. The monoisotopic (exact) mass is 244 g/mol. The van der Waals surface area contributed by atoms with Gasteiger partial charge in [0.05, 0.1) is 12.6 Å². The lowest BCUT2D eigenvalue weighted by atomic mass is 10.1. The molecule has 0 spiro atoms. The third-order valence-corrected chi connectivity index (χ3v) is 2.61. The van der Waals surface area contributed by atoms with Gasteiger partial charge < -0.3 is 15.3 Å². The number of aliphatic hydroxyl groups excluding tert-OH is 1. The fraction of sp³-hybridized carbons (Fsp3) is 0.833. The molecule has 0 fully saturated rings. The van der Waals surface area contributed by atoms with Crippen molar-refractivity contribution in [2.45, 2.75) is 52.6 Å². The summed E-state index contributed by atoms with van der Waals surface area (Å²) in [6, 6.07) is -0.356. The van der Waals surface area contributed by atoms with Crippen LogP contribution >= 0.6 is 0 Å². The average molecular weight is 244 g/mol. The van der Waals surface area contributed by atoms with E-state index in [1.54, 1.807) is 0 Å². The van der Waals surface area contributed by atoms with Gasteiger partial charge in [-0.3, -0.25) is 9.59 Å². The van der Waals surface area contributed by atoms with Crippen LogP contribution in [0.4, 0.5) is 0 Å². The number of nitrogens with one attached hydrogen (secondary N) is 1. The number of nitrogens with zero attached hydrogens (tertiary/aromatic N) is 1. The molecule has 17 heavy (non-hydrogen) atoms. The van der Waals surface area contributed by atoms with Crippen molar-refractivity contribution < 1.29 is 14.7 Å². The van der Waals surface area contributed by atoms with E-state index in [9.17, 15) is 9.59 Å². The van der Waals surface area contributed by atoms with E-state index in [0.717, 1.165) is 0 Å². The Morgan fingerprint density at radius 3 is 2.12 bits per heavy atom. The highest BCUT2D eigenvalue weighted by Crippen LogP contribution is 2.12. The molecule has 2 N–H and O–H groups in total. The minimum Gasteiger partial charge on any atom is -0.394 e. The van der Waals surface area contributed by atoms with Crippen LogP contribution in [-0.2, 0) is 9.59 Å². The van der Waals surface area contributed by atoms with E-state index in [1.807, 2.05) is 34.6 Å². The standard InChI is InChI=1S/C12H24N2O3/c1-6-9(8-15)13-10(16)11(17)14(7-2)12(3,4)5/h9,15H,6-8H2,1-5H3,(H,13,16). The summed E-state index contributed by atoms with van der Waals surface area (Å²) in [6.45, 7) is 9.64. The lowest BCUT2D eigenvalue weighted by molar-refractivity contribution is -0.149. The molecule has 0 radical (unpaired) electrons. The third kappa shape index (κ3) is 4.73. The molecule has 1 unspecified atom stereocenters. The van der Waals surface area contributed by atoms with E-state index in [2.05, 4.69) is 5.32 Å². The summed E-state index contributed by atoms with van der Waals surface area (Å²) in [5, 5.41) is 11.5. The summed E-state index contributed by atoms with van der Waals surface area (Å²) in [4.78, 5) is 25.1. The first-order valence-corrected chi connectivity index (χ1v) is 6.01. The van der Waals surface area contributed by atoms with Gasteiger partial charge in [-0.25, -0.2) is 0 Å². The molecule has 0 saturated heterocycles. The Bertz CT molecular complexity index is 267. The van der Waals surface area contributed by atoms with Crippen LogP contribution in [0.5, 0.6) is 0 Å². The number of aliphatic hydroxyl groups is 1. The Morgan fingerprint density at radius 1 is 1.29 bits per heavy atom. The molecule has 0 aromatic heterocycles. The van der Waals surface area contributed by atoms with Crippen molar-refractivity contribution in [3.63, 3.8) is 0 Å². The molecule has 0 bridgehead atoms. The van der Waals surface area contributed by atoms with Crippen molar-refractivity contribution in [2.24, 2.45) is 0 Å². The molecule has 0 aliphatic heterocycles. The molecule has 0 rings (SSSR count). The molecular formula is C12H24N2O3. The molecule has 2 amide bonds. The van der Waals surface area contributed by atoms with E-state index in [0.29, 0.717) is 13.0 Å². The summed E-state index contributed by atoms with van der Waals surface area (Å²) in [7, 11) is 0. The highest BCUT2D eigenvalue weighted by Gasteiger charge is 2.30. The number of carbonyl (C=O) groups is 2. The molecule has 0 heterocycles. The van der Waals surface area contributed by atoms with Gasteiger partial charge in [0.15, 0.2) is 0 Å². The summed E-state index contributed by atoms with van der Waals surface area (Å²) in [5.41, 5.74) is -0.385. The van der Waals surface area contributed by atoms with Crippen molar-refractivity contribution in [1.29, 1.82) is 0 Å². The van der Waals surface area contributed by atoms with Crippen LogP contribution in [0.3, 0.4) is 0 Å². The van der Waals surface area contributed by atoms with Crippen molar-refractivity contribution in [2.75, 3.05) is 13.2 Å². The minimum atomic E-state index is -0.650. The quantitative estimate of drug-likeness (QED) is 0.708. The van der Waals surface area contributed by atoms with Gasteiger partial charge in [-0.1, -0.05) is 6.92 Å². The Kier molecular flexibility index (Phi) is 6.16. The predicted octanol–water partition coefficient (Wildman–Crippen LogP) is 0.520. The van der Waals surface area contributed by atoms with Crippen molar-refractivity contribution in [3.8, 4) is 0 Å². The third-order valence-electron chi connectivity index (χ3n) is 2.61. The van der Waals surface area contributed by atoms with Crippen molar-refractivity contribution >= 4 is 11.8 Å². The van der Waals surface area contributed by atoms with Crippen LogP contribution < -0.4 is 5.32 Å². The molecule has 0 saturated carbocycles. The summed E-state index contributed by atoms with van der Waals surface area (Å²) in [6.07, 6.45) is 0.594. The van der Waals surface area contributed by atoms with Crippen LogP contribution in [0, 0.1) is 0 Å². The zero-order chi connectivity index (χ0) is 13.6. The van der Waals surface area contributed by atoms with Crippen molar-refractivity contribution in [1.82, 2.24) is 10.2 Å². The summed E-state index contributed by atoms with van der Waals surface area (Å²) < 4.78 is 0. The molecule has 0 aliphatic carbocycles. The van der Waals surface area contributed by atoms with Gasteiger partial charge >= 0.3 is 11.8 Å². The smallest absolute Gasteiger partial charge is 0.312 e. The second kappa shape index (κ2) is 6.59. The van der Waals surface area contributed by atoms with Gasteiger partial charge in [-0.05, 0) is 34.1 Å². The van der Waals surface area contributed by atoms with Gasteiger partial charge in [0.25, 0.3) is 0 Å². The molecule has 5 heteroatoms. The highest BCUT2D eigenvalue weighted by molar-refractivity contribution is 6.35. The number of amides is 2. The van der Waals surface area contributed by atoms with Crippen LogP contribution in [-0.4, -0.2) is 46.6 Å². The SMILES string of the molecule is CCC(CO)NC(=O)C(=O)N(CC)C(C)(C)C. The summed E-state index contributed by atoms with van der Waals surface area (Å²) in [5.74, 6) is -1.20. The zero-order valence-electron chi connectivity index (χ0n) is 11.4. The van der Waals surface area contributed by atoms with Crippen LogP contribution in [0.2, 0.25) is 0 Å². The van der Waals surface area contributed by atoms with E-state index in [4.69, 9.17) is 5.11 Å². The Balaban J connectivity index is 4.63. The van der Waals surface area contributed by atoms with Crippen molar-refractivity contribution in [3.05, 3.63) is 0 Å². The molecule has 0 aromatic rings. The van der Waals surface area contributed by atoms with Gasteiger partial charge in [0.1, 0.15) is 0 Å². The van der Waals surface area contributed by atoms with Gasteiger partial charge in [-0.15, -0.1) is 0 Å². The summed E-state index contributed by atoms with van der Waals surface area (Å²) >= 11 is 0.